The SMILES string of the molecule is Cc1ccc2c(c1)N1c3cc(C)ccc3P(=O)(c3ccccc3)c3cccc(c31)P2(=O)c1ccccc1. The van der Waals surface area contributed by atoms with Gasteiger partial charge < -0.3 is 14.0 Å². The van der Waals surface area contributed by atoms with Crippen molar-refractivity contribution in [3.05, 3.63) is 126 Å². The third-order valence-electron chi connectivity index (χ3n) is 7.56. The molecule has 0 radical (unpaired) electrons. The number of nitrogens with zero attached hydrogens (tertiary/aromatic N) is 1. The highest BCUT2D eigenvalue weighted by Crippen LogP contribution is 2.60. The Morgan fingerprint density at radius 2 is 0.919 bits per heavy atom. The van der Waals surface area contributed by atoms with Gasteiger partial charge in [0.15, 0.2) is 14.3 Å². The Morgan fingerprint density at radius 1 is 0.486 bits per heavy atom. The van der Waals surface area contributed by atoms with E-state index in [9.17, 15) is 0 Å². The summed E-state index contributed by atoms with van der Waals surface area (Å²) in [5.74, 6) is 0. The van der Waals surface area contributed by atoms with E-state index in [1.807, 2.05) is 103 Å². The van der Waals surface area contributed by atoms with Crippen LogP contribution >= 0.6 is 14.3 Å². The molecule has 7 rings (SSSR count). The molecule has 0 amide bonds. The highest BCUT2D eigenvalue weighted by molar-refractivity contribution is 7.88. The van der Waals surface area contributed by atoms with Crippen LogP contribution in [0.2, 0.25) is 0 Å². The summed E-state index contributed by atoms with van der Waals surface area (Å²) in [6, 6.07) is 37.7. The van der Waals surface area contributed by atoms with Crippen molar-refractivity contribution in [1.29, 1.82) is 0 Å². The number of anilines is 3. The maximum atomic E-state index is 15.4. The Kier molecular flexibility index (Phi) is 4.83. The van der Waals surface area contributed by atoms with Crippen molar-refractivity contribution in [1.82, 2.24) is 0 Å². The van der Waals surface area contributed by atoms with E-state index >= 15 is 9.13 Å². The van der Waals surface area contributed by atoms with Crippen molar-refractivity contribution in [3.63, 3.8) is 0 Å². The van der Waals surface area contributed by atoms with Crippen LogP contribution in [0.1, 0.15) is 11.1 Å². The minimum absolute atomic E-state index is 0.746. The average Bonchev–Trinajstić information content (AvgIpc) is 2.93. The van der Waals surface area contributed by atoms with E-state index in [0.717, 1.165) is 60.0 Å². The zero-order chi connectivity index (χ0) is 25.4. The molecule has 0 N–H and O–H groups in total. The van der Waals surface area contributed by atoms with Gasteiger partial charge in [-0.1, -0.05) is 78.9 Å². The number of fused-ring (bicyclic) bond motifs is 4. The minimum atomic E-state index is -3.24. The van der Waals surface area contributed by atoms with Crippen LogP contribution in [-0.4, -0.2) is 0 Å². The first-order valence-corrected chi connectivity index (χ1v) is 15.8. The second-order valence-corrected chi connectivity index (χ2v) is 15.3. The Labute approximate surface area is 217 Å². The maximum Gasteiger partial charge on any atom is 0.175 e. The fourth-order valence-electron chi connectivity index (χ4n) is 5.88. The first kappa shape index (κ1) is 22.5. The van der Waals surface area contributed by atoms with Crippen LogP contribution in [-0.2, 0) is 9.13 Å². The van der Waals surface area contributed by atoms with Crippen molar-refractivity contribution in [3.8, 4) is 0 Å². The quantitative estimate of drug-likeness (QED) is 0.277. The van der Waals surface area contributed by atoms with Crippen molar-refractivity contribution in [2.45, 2.75) is 13.8 Å². The highest BCUT2D eigenvalue weighted by Gasteiger charge is 2.49. The van der Waals surface area contributed by atoms with Crippen LogP contribution in [0.5, 0.6) is 0 Å². The lowest BCUT2D eigenvalue weighted by Gasteiger charge is -2.44. The number of rotatable bonds is 2. The molecule has 2 unspecified atom stereocenters. The van der Waals surface area contributed by atoms with E-state index < -0.39 is 14.3 Å². The van der Waals surface area contributed by atoms with Crippen LogP contribution in [0.3, 0.4) is 0 Å². The number of para-hydroxylation sites is 1. The van der Waals surface area contributed by atoms with Gasteiger partial charge in [0, 0.05) is 31.8 Å². The van der Waals surface area contributed by atoms with Gasteiger partial charge in [0.2, 0.25) is 0 Å². The lowest BCUT2D eigenvalue weighted by Crippen LogP contribution is -2.45. The zero-order valence-corrected chi connectivity index (χ0v) is 22.4. The largest absolute Gasteiger partial charge is 0.308 e. The molecule has 0 bridgehead atoms. The van der Waals surface area contributed by atoms with Gasteiger partial charge in [-0.05, 0) is 61.4 Å². The van der Waals surface area contributed by atoms with Crippen LogP contribution in [0.4, 0.5) is 17.1 Å². The lowest BCUT2D eigenvalue weighted by molar-refractivity contribution is 0.592. The van der Waals surface area contributed by atoms with E-state index in [-0.39, 0.29) is 0 Å². The van der Waals surface area contributed by atoms with Gasteiger partial charge in [-0.15, -0.1) is 0 Å². The number of benzene rings is 5. The van der Waals surface area contributed by atoms with Gasteiger partial charge in [-0.3, -0.25) is 0 Å². The topological polar surface area (TPSA) is 37.4 Å². The molecule has 2 aliphatic rings. The van der Waals surface area contributed by atoms with E-state index in [0.29, 0.717) is 0 Å². The number of aryl methyl sites for hydroxylation is 2. The fourth-order valence-corrected chi connectivity index (χ4v) is 12.0. The summed E-state index contributed by atoms with van der Waals surface area (Å²) < 4.78 is 30.9. The molecule has 0 aliphatic carbocycles. The molecule has 0 spiro atoms. The molecule has 37 heavy (non-hydrogen) atoms. The summed E-state index contributed by atoms with van der Waals surface area (Å²) in [5.41, 5.74) is 4.78. The smallest absolute Gasteiger partial charge is 0.175 e. The summed E-state index contributed by atoms with van der Waals surface area (Å²) in [7, 11) is -6.49. The van der Waals surface area contributed by atoms with Crippen LogP contribution < -0.4 is 36.7 Å². The molecular weight excluding hydrogens is 492 g/mol. The Balaban J connectivity index is 1.68. The molecule has 0 fully saturated rings. The first-order valence-electron chi connectivity index (χ1n) is 12.4. The molecule has 5 aromatic rings. The molecule has 0 aromatic heterocycles. The first-order chi connectivity index (χ1) is 17.9. The molecule has 2 atom stereocenters. The predicted octanol–water partition coefficient (Wildman–Crippen LogP) is 5.68. The van der Waals surface area contributed by atoms with Crippen molar-refractivity contribution in [2.75, 3.05) is 4.90 Å². The van der Waals surface area contributed by atoms with Crippen LogP contribution in [0, 0.1) is 13.8 Å². The second kappa shape index (κ2) is 7.93. The Bertz CT molecular complexity index is 1680. The monoisotopic (exact) mass is 517 g/mol. The summed E-state index contributed by atoms with van der Waals surface area (Å²) in [6.07, 6.45) is 0. The molecule has 2 heterocycles. The molecule has 2 aliphatic heterocycles. The maximum absolute atomic E-state index is 15.4. The molecule has 3 nitrogen and oxygen atoms in total. The van der Waals surface area contributed by atoms with Gasteiger partial charge in [0.1, 0.15) is 0 Å². The Morgan fingerprint density at radius 3 is 1.35 bits per heavy atom. The van der Waals surface area contributed by atoms with Gasteiger partial charge in [0.25, 0.3) is 0 Å². The third-order valence-corrected chi connectivity index (χ3v) is 13.8. The van der Waals surface area contributed by atoms with E-state index in [1.54, 1.807) is 0 Å². The highest BCUT2D eigenvalue weighted by atomic mass is 31.2. The fraction of sp³-hybridized carbons (Fsp3) is 0.0625. The molecule has 180 valence electrons. The van der Waals surface area contributed by atoms with Gasteiger partial charge in [-0.25, -0.2) is 0 Å². The predicted molar refractivity (Wildman–Crippen MR) is 156 cm³/mol. The van der Waals surface area contributed by atoms with Crippen molar-refractivity contribution < 1.29 is 9.13 Å². The number of hydrogen-bond donors (Lipinski definition) is 0. The van der Waals surface area contributed by atoms with Crippen molar-refractivity contribution >= 4 is 63.2 Å². The van der Waals surface area contributed by atoms with Crippen molar-refractivity contribution in [2.24, 2.45) is 0 Å². The van der Waals surface area contributed by atoms with Gasteiger partial charge in [0.05, 0.1) is 17.1 Å². The summed E-state index contributed by atoms with van der Waals surface area (Å²) in [4.78, 5) is 2.22. The molecular formula is C32H25NO2P2. The second-order valence-electron chi connectivity index (χ2n) is 9.85. The van der Waals surface area contributed by atoms with Crippen LogP contribution in [0.25, 0.3) is 0 Å². The summed E-state index contributed by atoms with van der Waals surface area (Å²) >= 11 is 0. The zero-order valence-electron chi connectivity index (χ0n) is 20.6. The van der Waals surface area contributed by atoms with E-state index in [1.165, 1.54) is 0 Å². The summed E-state index contributed by atoms with van der Waals surface area (Å²) in [5, 5.41) is 4.71. The van der Waals surface area contributed by atoms with E-state index in [2.05, 4.69) is 30.9 Å². The molecule has 0 saturated carbocycles. The molecule has 5 aromatic carbocycles. The lowest BCUT2D eigenvalue weighted by atomic mass is 10.1. The minimum Gasteiger partial charge on any atom is -0.308 e. The normalized spacial score (nSPS) is 21.1. The number of hydrogen-bond acceptors (Lipinski definition) is 3. The average molecular weight is 518 g/mol. The van der Waals surface area contributed by atoms with Gasteiger partial charge >= 0.3 is 0 Å². The van der Waals surface area contributed by atoms with Crippen LogP contribution in [0.15, 0.2) is 115 Å². The Hall–Kier alpha value is -3.64. The van der Waals surface area contributed by atoms with E-state index in [4.69, 9.17) is 0 Å². The third kappa shape index (κ3) is 2.96. The summed E-state index contributed by atoms with van der Waals surface area (Å²) in [6.45, 7) is 4.12. The standard InChI is InChI=1S/C32H25NO2P2/c1-22-16-18-28-26(20-22)33-27-21-23(2)17-19-29(27)37(35,25-12-7-4-8-13-25)31-15-9-14-30(32(31)33)36(28,34)24-10-5-3-6-11-24/h3-21H,1-2H3. The molecule has 0 saturated heterocycles. The molecule has 5 heteroatoms. The van der Waals surface area contributed by atoms with Gasteiger partial charge in [-0.2, -0.15) is 0 Å².